The summed E-state index contributed by atoms with van der Waals surface area (Å²) in [5.41, 5.74) is 5.14. The molecule has 666 valence electrons. The molecule has 22 heteroatoms. The van der Waals surface area contributed by atoms with Crippen molar-refractivity contribution >= 4 is 87.2 Å². The fourth-order valence-electron chi connectivity index (χ4n) is 19.7. The van der Waals surface area contributed by atoms with Crippen molar-refractivity contribution in [2.24, 2.45) is 0 Å². The zero-order valence-electron chi connectivity index (χ0n) is 72.6. The van der Waals surface area contributed by atoms with Crippen molar-refractivity contribution in [3.05, 3.63) is 420 Å². The van der Waals surface area contributed by atoms with Gasteiger partial charge >= 0.3 is 24.7 Å². The highest BCUT2D eigenvalue weighted by molar-refractivity contribution is 6.20. The van der Waals surface area contributed by atoms with Crippen LogP contribution >= 0.6 is 0 Å². The lowest BCUT2D eigenvalue weighted by Gasteiger charge is -2.20. The summed E-state index contributed by atoms with van der Waals surface area (Å²) in [6.07, 6.45) is -20.3. The highest BCUT2D eigenvalue weighted by Crippen LogP contribution is 2.53. The Labute approximate surface area is 788 Å². The first kappa shape index (κ1) is 86.7. The molecule has 0 aliphatic carbocycles. The summed E-state index contributed by atoms with van der Waals surface area (Å²) in [7, 11) is 0. The lowest BCUT2D eigenvalue weighted by atomic mass is 9.88. The van der Waals surface area contributed by atoms with E-state index in [9.17, 15) is 31.6 Å². The molecule has 0 bridgehead atoms. The number of fused-ring (bicyclic) bond motifs is 12. The normalized spacial score (nSPS) is 12.0. The number of rotatable bonds is 13. The van der Waals surface area contributed by atoms with Gasteiger partial charge in [0.15, 0.2) is 0 Å². The number of hydrogen-bond donors (Lipinski definition) is 0. The first-order valence-corrected chi connectivity index (χ1v) is 43.8. The minimum Gasteiger partial charge on any atom is -0.309 e. The van der Waals surface area contributed by atoms with E-state index in [4.69, 9.17) is 0 Å². The molecule has 0 amide bonds. The summed E-state index contributed by atoms with van der Waals surface area (Å²) in [6, 6.07) is 108. The van der Waals surface area contributed by atoms with Crippen molar-refractivity contribution in [2.75, 3.05) is 0 Å². The molecule has 140 heavy (non-hydrogen) atoms. The van der Waals surface area contributed by atoms with Crippen LogP contribution in [0.3, 0.4) is 0 Å². The van der Waals surface area contributed by atoms with E-state index in [0.29, 0.717) is 165 Å². The Kier molecular flexibility index (Phi) is 20.5. The maximum Gasteiger partial charge on any atom is 0.418 e. The Balaban J connectivity index is 0.758. The van der Waals surface area contributed by atoms with Gasteiger partial charge in [-0.1, -0.05) is 188 Å². The lowest BCUT2D eigenvalue weighted by Crippen LogP contribution is -2.12. The molecule has 4 heterocycles. The Bertz CT molecular complexity index is 9170. The van der Waals surface area contributed by atoms with Gasteiger partial charge in [0.25, 0.3) is 0 Å². The number of benzene rings is 18. The highest BCUT2D eigenvalue weighted by Gasteiger charge is 2.41. The molecule has 0 aliphatic heterocycles. The van der Waals surface area contributed by atoms with Crippen LogP contribution in [0, 0.1) is 68.0 Å². The van der Waals surface area contributed by atoms with Crippen LogP contribution in [0.2, 0.25) is 0 Å². The van der Waals surface area contributed by atoms with Crippen LogP contribution in [0.5, 0.6) is 0 Å². The van der Waals surface area contributed by atoms with Gasteiger partial charge < -0.3 is 18.3 Å². The van der Waals surface area contributed by atoms with E-state index in [-0.39, 0.29) is 66.8 Å². The maximum atomic E-state index is 16.8. The molecule has 0 N–H and O–H groups in total. The van der Waals surface area contributed by atoms with Crippen LogP contribution in [0.25, 0.3) is 210 Å². The van der Waals surface area contributed by atoms with Crippen molar-refractivity contribution in [3.63, 3.8) is 0 Å². The predicted octanol–water partition coefficient (Wildman–Crippen LogP) is 32.4. The minimum absolute atomic E-state index is 0.0458. The van der Waals surface area contributed by atoms with E-state index in [0.717, 1.165) is 24.3 Å². The smallest absolute Gasteiger partial charge is 0.309 e. The second-order valence-corrected chi connectivity index (χ2v) is 34.2. The summed E-state index contributed by atoms with van der Waals surface area (Å²) in [5.74, 6) is 0. The average Bonchev–Trinajstić information content (AvgIpc) is 1.57. The molecule has 0 spiro atoms. The number of para-hydroxylation sites is 2. The molecule has 0 saturated heterocycles. The van der Waals surface area contributed by atoms with E-state index in [2.05, 4.69) is 36.4 Å². The van der Waals surface area contributed by atoms with Crippen molar-refractivity contribution in [3.8, 4) is 159 Å². The SMILES string of the molecule is N#Cc1ccc(-c2ccc3c4ccccc4n(-c4cc(-c5ccc(C(F)(F)F)c(-n6c7ccccc7c7c(-c8cc(C#N)ccc8-c8ccc9c%10ccc(-c%11ccc(C#N)cc%11)cc%10n(-c%10cc(-c%11ccc(C(F)(F)F)c(-n%12c%13cc(-c%14ccc(C#N)cc%14)ccc%13c%13ccc(-c%14ccc(C#N)cc%14)cc%13%12)c%11)ccc%10C(F)(F)F)c9c8)cc(-c8ccc(C#N)cc8)cc76)c5)ccc4C(F)(F)F)c3c2)cc1. The van der Waals surface area contributed by atoms with Gasteiger partial charge in [-0.05, 0) is 276 Å². The molecule has 18 aromatic carbocycles. The van der Waals surface area contributed by atoms with Gasteiger partial charge in [0.2, 0.25) is 0 Å². The summed E-state index contributed by atoms with van der Waals surface area (Å²) in [4.78, 5) is 0. The first-order chi connectivity index (χ1) is 67.6. The third-order valence-corrected chi connectivity index (χ3v) is 26.3. The fraction of sp³-hybridized carbons (Fsp3) is 0.0339. The number of aromatic nitrogens is 4. The van der Waals surface area contributed by atoms with Gasteiger partial charge in [-0.2, -0.15) is 84.3 Å². The average molecular weight is 1850 g/mol. The number of alkyl halides is 12. The van der Waals surface area contributed by atoms with Crippen molar-refractivity contribution in [2.45, 2.75) is 24.7 Å². The molecule has 0 atom stereocenters. The highest BCUT2D eigenvalue weighted by atomic mass is 19.4. The van der Waals surface area contributed by atoms with Crippen LogP contribution in [-0.2, 0) is 24.7 Å². The molecule has 22 rings (SSSR count). The van der Waals surface area contributed by atoms with E-state index in [1.54, 1.807) is 273 Å². The molecular formula is C118H60F12N10. The van der Waals surface area contributed by atoms with Crippen molar-refractivity contribution in [1.82, 2.24) is 18.3 Å². The van der Waals surface area contributed by atoms with Crippen LogP contribution in [0.1, 0.15) is 55.6 Å². The largest absolute Gasteiger partial charge is 0.418 e. The summed E-state index contributed by atoms with van der Waals surface area (Å²) < 4.78 is 203. The number of nitriles is 6. The zero-order valence-corrected chi connectivity index (χ0v) is 72.6. The van der Waals surface area contributed by atoms with E-state index in [1.165, 1.54) is 66.8 Å². The number of nitrogens with zero attached hydrogens (tertiary/aromatic N) is 10. The third kappa shape index (κ3) is 14.8. The van der Waals surface area contributed by atoms with Crippen LogP contribution in [0.4, 0.5) is 52.7 Å². The Morgan fingerprint density at radius 3 is 0.707 bits per heavy atom. The van der Waals surface area contributed by atoms with E-state index >= 15 is 52.7 Å². The number of halogens is 12. The molecule has 0 saturated carbocycles. The van der Waals surface area contributed by atoms with Gasteiger partial charge in [-0.25, -0.2) is 0 Å². The molecule has 0 aliphatic rings. The van der Waals surface area contributed by atoms with Gasteiger partial charge in [-0.3, -0.25) is 0 Å². The minimum atomic E-state index is -5.15. The van der Waals surface area contributed by atoms with Crippen molar-refractivity contribution < 1.29 is 52.7 Å². The van der Waals surface area contributed by atoms with Gasteiger partial charge in [-0.15, -0.1) is 0 Å². The maximum absolute atomic E-state index is 16.8. The molecule has 10 nitrogen and oxygen atoms in total. The first-order valence-electron chi connectivity index (χ1n) is 43.8. The van der Waals surface area contributed by atoms with E-state index in [1.807, 2.05) is 18.2 Å². The summed E-state index contributed by atoms with van der Waals surface area (Å²) >= 11 is 0. The molecule has 0 unspecified atom stereocenters. The Morgan fingerprint density at radius 2 is 0.393 bits per heavy atom. The van der Waals surface area contributed by atoms with Crippen LogP contribution < -0.4 is 0 Å². The lowest BCUT2D eigenvalue weighted by molar-refractivity contribution is -0.138. The molecule has 0 fully saturated rings. The predicted molar refractivity (Wildman–Crippen MR) is 521 cm³/mol. The van der Waals surface area contributed by atoms with Crippen molar-refractivity contribution in [1.29, 1.82) is 31.6 Å². The summed E-state index contributed by atoms with van der Waals surface area (Å²) in [6.45, 7) is 0. The zero-order chi connectivity index (χ0) is 96.7. The standard InChI is InChI=1S/C118H60F12N10/c119-115(120,121)98-45-35-82(55-109(98)137-102-7-3-1-5-89(102)90-40-30-78(51-104(90)137)73-20-9-67(61-131)10-21-73)83-36-46-99(116(122,123)124)110(56-83)138-103-8-4-2-6-95(103)114-97(50-87(60-113(114)138)77-28-17-71(65-135)18-29-77)96-49-72(66-136)19-39-88(96)86-34-44-94-93-43-33-81(76-26-15-70(64-134)16-27-76)54-107(93)140(108(94)59-86)112-58-85(38-48-101(112)118(128,129)130)84-37-47-100(117(125,126)127)111(57-84)139-105-52-79(74-22-11-68(62-132)12-23-74)31-41-91(105)92-42-32-80(53-106(92)139)75-24-13-69(63-133)14-25-75/h1-60H. The third-order valence-electron chi connectivity index (χ3n) is 26.3. The Morgan fingerprint density at radius 1 is 0.164 bits per heavy atom. The number of hydrogen-bond acceptors (Lipinski definition) is 6. The van der Waals surface area contributed by atoms with Crippen LogP contribution in [0.15, 0.2) is 364 Å². The topological polar surface area (TPSA) is 162 Å². The van der Waals surface area contributed by atoms with Crippen LogP contribution in [-0.4, -0.2) is 18.3 Å². The molecule has 0 radical (unpaired) electrons. The monoisotopic (exact) mass is 1840 g/mol. The summed E-state index contributed by atoms with van der Waals surface area (Å²) in [5, 5.41) is 64.2. The molecule has 4 aromatic heterocycles. The van der Waals surface area contributed by atoms with Gasteiger partial charge in [0.1, 0.15) is 0 Å². The second-order valence-electron chi connectivity index (χ2n) is 34.2. The fourth-order valence-corrected chi connectivity index (χ4v) is 19.7. The van der Waals surface area contributed by atoms with Gasteiger partial charge in [0, 0.05) is 43.1 Å². The Hall–Kier alpha value is -18.7. The second kappa shape index (κ2) is 33.1. The molecule has 22 aromatic rings. The quantitative estimate of drug-likeness (QED) is 0.104. The molecular weight excluding hydrogens is 1790 g/mol. The van der Waals surface area contributed by atoms with Gasteiger partial charge in [0.05, 0.1) is 159 Å². The van der Waals surface area contributed by atoms with E-state index < -0.39 is 58.3 Å².